The monoisotopic (exact) mass is 275 g/mol. The fourth-order valence-corrected chi connectivity index (χ4v) is 2.97. The molecule has 1 N–H and O–H groups in total. The first-order valence-electron chi connectivity index (χ1n) is 6.26. The van der Waals surface area contributed by atoms with Crippen molar-refractivity contribution in [3.8, 4) is 0 Å². The molecule has 1 fully saturated rings. The van der Waals surface area contributed by atoms with Crippen LogP contribution in [-0.2, 0) is 25.1 Å². The summed E-state index contributed by atoms with van der Waals surface area (Å²) in [4.78, 5) is 22.7. The molecule has 1 amide bonds. The van der Waals surface area contributed by atoms with Crippen LogP contribution in [0.5, 0.6) is 0 Å². The molecule has 0 aromatic heterocycles. The third-order valence-corrected chi connectivity index (χ3v) is 4.74. The second kappa shape index (κ2) is 7.51. The summed E-state index contributed by atoms with van der Waals surface area (Å²) in [6.45, 7) is 1.69. The Kier molecular flexibility index (Phi) is 6.32. The van der Waals surface area contributed by atoms with E-state index in [0.717, 1.165) is 25.7 Å². The van der Waals surface area contributed by atoms with E-state index in [1.807, 2.05) is 0 Å². The molecule has 104 valence electrons. The van der Waals surface area contributed by atoms with Crippen LogP contribution in [0.3, 0.4) is 0 Å². The maximum Gasteiger partial charge on any atom is 0.306 e. The van der Waals surface area contributed by atoms with Crippen LogP contribution in [0.15, 0.2) is 0 Å². The molecule has 0 radical (unpaired) electrons. The van der Waals surface area contributed by atoms with Crippen LogP contribution in [0, 0.1) is 0 Å². The Balaban J connectivity index is 2.29. The van der Waals surface area contributed by atoms with Gasteiger partial charge in [0, 0.05) is 22.1 Å². The first kappa shape index (κ1) is 15.1. The number of rotatable bonds is 6. The van der Waals surface area contributed by atoms with E-state index in [-0.39, 0.29) is 29.4 Å². The number of hydrogen-bond acceptors (Lipinski definition) is 4. The van der Waals surface area contributed by atoms with Gasteiger partial charge in [-0.05, 0) is 12.8 Å². The van der Waals surface area contributed by atoms with Crippen LogP contribution in [0.4, 0.5) is 0 Å². The predicted octanol–water partition coefficient (Wildman–Crippen LogP) is 0.745. The van der Waals surface area contributed by atoms with Gasteiger partial charge in [0.2, 0.25) is 5.91 Å². The minimum atomic E-state index is -1.33. The van der Waals surface area contributed by atoms with Crippen molar-refractivity contribution in [1.29, 1.82) is 0 Å². The van der Waals surface area contributed by atoms with Gasteiger partial charge >= 0.3 is 5.97 Å². The number of carbonyl (C=O) groups is 2. The van der Waals surface area contributed by atoms with Gasteiger partial charge in [-0.2, -0.15) is 0 Å². The topological polar surface area (TPSA) is 72.5 Å². The lowest BCUT2D eigenvalue weighted by Gasteiger charge is -2.13. The van der Waals surface area contributed by atoms with Gasteiger partial charge in [0.15, 0.2) is 0 Å². The summed E-state index contributed by atoms with van der Waals surface area (Å²) < 4.78 is 16.3. The van der Waals surface area contributed by atoms with E-state index in [0.29, 0.717) is 0 Å². The smallest absolute Gasteiger partial charge is 0.306 e. The Morgan fingerprint density at radius 1 is 1.39 bits per heavy atom. The van der Waals surface area contributed by atoms with Crippen molar-refractivity contribution >= 4 is 22.7 Å². The molecule has 18 heavy (non-hydrogen) atoms. The van der Waals surface area contributed by atoms with E-state index in [2.05, 4.69) is 10.1 Å². The largest absolute Gasteiger partial charge is 0.469 e. The number of methoxy groups -OCH3 is 1. The number of carbonyl (C=O) groups excluding carboxylic acids is 2. The first-order valence-corrected chi connectivity index (χ1v) is 7.64. The fourth-order valence-electron chi connectivity index (χ4n) is 2.02. The molecule has 1 aliphatic carbocycles. The van der Waals surface area contributed by atoms with Crippen molar-refractivity contribution < 1.29 is 18.5 Å². The van der Waals surface area contributed by atoms with Crippen LogP contribution in [-0.4, -0.2) is 40.2 Å². The number of esters is 1. The lowest BCUT2D eigenvalue weighted by atomic mass is 10.2. The summed E-state index contributed by atoms with van der Waals surface area (Å²) in [5.41, 5.74) is 0. The third-order valence-electron chi connectivity index (χ3n) is 3.12. The van der Waals surface area contributed by atoms with Gasteiger partial charge in [-0.25, -0.2) is 0 Å². The summed E-state index contributed by atoms with van der Waals surface area (Å²) in [6.07, 6.45) is 4.39. The average molecular weight is 275 g/mol. The highest BCUT2D eigenvalue weighted by Crippen LogP contribution is 2.17. The second-order valence-electron chi connectivity index (χ2n) is 4.66. The molecule has 6 heteroatoms. The number of nitrogens with one attached hydrogen (secondary N) is 1. The molecular formula is C12H21NO4S. The Hall–Kier alpha value is -0.910. The number of amides is 1. The lowest BCUT2D eigenvalue weighted by molar-refractivity contribution is -0.140. The summed E-state index contributed by atoms with van der Waals surface area (Å²) in [7, 11) is -0.0335. The van der Waals surface area contributed by atoms with E-state index in [9.17, 15) is 13.8 Å². The van der Waals surface area contributed by atoms with Gasteiger partial charge in [-0.3, -0.25) is 13.8 Å². The van der Waals surface area contributed by atoms with Crippen LogP contribution in [0.1, 0.15) is 39.0 Å². The van der Waals surface area contributed by atoms with Crippen molar-refractivity contribution in [2.24, 2.45) is 0 Å². The summed E-state index contributed by atoms with van der Waals surface area (Å²) in [5.74, 6) is -0.613. The Bertz CT molecular complexity index is 326. The summed E-state index contributed by atoms with van der Waals surface area (Å²) >= 11 is 0. The zero-order valence-electron chi connectivity index (χ0n) is 10.9. The molecule has 0 aromatic rings. The maximum absolute atomic E-state index is 11.8. The molecule has 5 nitrogen and oxygen atoms in total. The molecular weight excluding hydrogens is 254 g/mol. The Morgan fingerprint density at radius 3 is 2.56 bits per heavy atom. The average Bonchev–Trinajstić information content (AvgIpc) is 2.81. The molecule has 0 saturated heterocycles. The van der Waals surface area contributed by atoms with Crippen LogP contribution in [0.25, 0.3) is 0 Å². The molecule has 0 bridgehead atoms. The molecule has 1 saturated carbocycles. The third kappa shape index (κ3) is 5.16. The van der Waals surface area contributed by atoms with E-state index >= 15 is 0 Å². The van der Waals surface area contributed by atoms with Crippen molar-refractivity contribution in [3.05, 3.63) is 0 Å². The molecule has 0 heterocycles. The highest BCUT2D eigenvalue weighted by molar-refractivity contribution is 7.86. The number of ether oxygens (including phenoxy) is 1. The Labute approximate surface area is 110 Å². The van der Waals surface area contributed by atoms with E-state index < -0.39 is 16.8 Å². The second-order valence-corrected chi connectivity index (χ2v) is 6.52. The van der Waals surface area contributed by atoms with Gasteiger partial charge in [0.1, 0.15) is 5.75 Å². The molecule has 2 atom stereocenters. The Morgan fingerprint density at radius 2 is 2.00 bits per heavy atom. The van der Waals surface area contributed by atoms with Crippen molar-refractivity contribution in [1.82, 2.24) is 5.32 Å². The van der Waals surface area contributed by atoms with Gasteiger partial charge in [-0.1, -0.05) is 19.8 Å². The van der Waals surface area contributed by atoms with Gasteiger partial charge < -0.3 is 10.1 Å². The summed E-state index contributed by atoms with van der Waals surface area (Å²) in [5, 5.41) is 2.53. The molecule has 0 aliphatic heterocycles. The fraction of sp³-hybridized carbons (Fsp3) is 0.833. The van der Waals surface area contributed by atoms with Gasteiger partial charge in [0.25, 0.3) is 0 Å². The van der Waals surface area contributed by atoms with E-state index in [1.54, 1.807) is 6.92 Å². The highest BCUT2D eigenvalue weighted by Gasteiger charge is 2.21. The molecule has 1 rings (SSSR count). The SMILES string of the molecule is COC(=O)CC(C)S(=O)CC(=O)NC1CCCC1. The minimum absolute atomic E-state index is 0.0331. The zero-order valence-corrected chi connectivity index (χ0v) is 11.8. The number of hydrogen-bond donors (Lipinski definition) is 1. The quantitative estimate of drug-likeness (QED) is 0.726. The van der Waals surface area contributed by atoms with Crippen LogP contribution >= 0.6 is 0 Å². The zero-order chi connectivity index (χ0) is 13.5. The van der Waals surface area contributed by atoms with E-state index in [4.69, 9.17) is 0 Å². The van der Waals surface area contributed by atoms with E-state index in [1.165, 1.54) is 7.11 Å². The summed E-state index contributed by atoms with van der Waals surface area (Å²) in [6, 6.07) is 0.241. The van der Waals surface area contributed by atoms with Gasteiger partial charge in [0.05, 0.1) is 13.5 Å². The van der Waals surface area contributed by atoms with Crippen molar-refractivity contribution in [3.63, 3.8) is 0 Å². The maximum atomic E-state index is 11.8. The normalized spacial score (nSPS) is 19.2. The minimum Gasteiger partial charge on any atom is -0.469 e. The molecule has 1 aliphatic rings. The van der Waals surface area contributed by atoms with Crippen molar-refractivity contribution in [2.45, 2.75) is 50.3 Å². The first-order chi connectivity index (χ1) is 8.52. The van der Waals surface area contributed by atoms with Gasteiger partial charge in [-0.15, -0.1) is 0 Å². The van der Waals surface area contributed by atoms with Crippen LogP contribution in [0.2, 0.25) is 0 Å². The molecule has 0 aromatic carbocycles. The molecule has 2 unspecified atom stereocenters. The predicted molar refractivity (Wildman–Crippen MR) is 69.5 cm³/mol. The highest BCUT2D eigenvalue weighted by atomic mass is 32.2. The van der Waals surface area contributed by atoms with Crippen LogP contribution < -0.4 is 5.32 Å². The lowest BCUT2D eigenvalue weighted by Crippen LogP contribution is -2.37. The van der Waals surface area contributed by atoms with Crippen molar-refractivity contribution in [2.75, 3.05) is 12.9 Å². The molecule has 0 spiro atoms. The standard InChI is InChI=1S/C12H21NO4S/c1-9(7-12(15)17-2)18(16)8-11(14)13-10-5-3-4-6-10/h9-10H,3-8H2,1-2H3,(H,13,14).